The van der Waals surface area contributed by atoms with Crippen LogP contribution in [0.3, 0.4) is 0 Å². The molecule has 0 spiro atoms. The van der Waals surface area contributed by atoms with Crippen molar-refractivity contribution in [3.8, 4) is 5.69 Å². The predicted molar refractivity (Wildman–Crippen MR) is 111 cm³/mol. The average Bonchev–Trinajstić information content (AvgIpc) is 3.29. The number of ether oxygens (including phenoxy) is 1. The molecule has 2 amide bonds. The molecule has 0 unspecified atom stereocenters. The average molecular weight is 405 g/mol. The van der Waals surface area contributed by atoms with Gasteiger partial charge in [-0.3, -0.25) is 14.2 Å². The predicted octanol–water partition coefficient (Wildman–Crippen LogP) is 2.88. The Morgan fingerprint density at radius 1 is 1.07 bits per heavy atom. The number of nitrogens with zero attached hydrogens (tertiary/aromatic N) is 3. The summed E-state index contributed by atoms with van der Waals surface area (Å²) in [6.45, 7) is 2.08. The van der Waals surface area contributed by atoms with Gasteiger partial charge >= 0.3 is 0 Å². The van der Waals surface area contributed by atoms with Gasteiger partial charge in [0, 0.05) is 42.1 Å². The molecule has 4 rings (SSSR count). The van der Waals surface area contributed by atoms with Gasteiger partial charge < -0.3 is 15.4 Å². The number of amides is 2. The smallest absolute Gasteiger partial charge is 0.255 e. The number of hydrogen-bond donors (Lipinski definition) is 2. The molecule has 0 bridgehead atoms. The SMILES string of the molecule is CC(=O)N[C@@H]1CCO[C@H](c2ccccc2NC(=O)c2ccc(-n3cnnc3)cc2)C1. The van der Waals surface area contributed by atoms with Gasteiger partial charge in [-0.1, -0.05) is 18.2 Å². The Bertz CT molecular complexity index is 1020. The summed E-state index contributed by atoms with van der Waals surface area (Å²) in [5.41, 5.74) is 3.03. The number of para-hydroxylation sites is 1. The first-order chi connectivity index (χ1) is 14.6. The minimum absolute atomic E-state index is 0.0443. The Kier molecular flexibility index (Phi) is 5.85. The highest BCUT2D eigenvalue weighted by Crippen LogP contribution is 2.33. The summed E-state index contributed by atoms with van der Waals surface area (Å²) >= 11 is 0. The second-order valence-electron chi connectivity index (χ2n) is 7.24. The molecule has 2 atom stereocenters. The van der Waals surface area contributed by atoms with Gasteiger partial charge in [0.15, 0.2) is 0 Å². The summed E-state index contributed by atoms with van der Waals surface area (Å²) in [4.78, 5) is 24.2. The molecule has 1 aliphatic heterocycles. The molecule has 2 aromatic carbocycles. The maximum Gasteiger partial charge on any atom is 0.255 e. The van der Waals surface area contributed by atoms with Crippen LogP contribution in [0, 0.1) is 0 Å². The summed E-state index contributed by atoms with van der Waals surface area (Å²) in [6, 6.07) is 14.9. The molecule has 0 saturated carbocycles. The van der Waals surface area contributed by atoms with Crippen LogP contribution in [0.4, 0.5) is 5.69 Å². The van der Waals surface area contributed by atoms with E-state index in [0.717, 1.165) is 17.7 Å². The minimum Gasteiger partial charge on any atom is -0.373 e. The molecule has 3 aromatic rings. The monoisotopic (exact) mass is 405 g/mol. The van der Waals surface area contributed by atoms with Gasteiger partial charge in [-0.25, -0.2) is 0 Å². The number of carbonyl (C=O) groups is 2. The fraction of sp³-hybridized carbons (Fsp3) is 0.273. The van der Waals surface area contributed by atoms with Crippen molar-refractivity contribution in [1.82, 2.24) is 20.1 Å². The lowest BCUT2D eigenvalue weighted by Crippen LogP contribution is -2.38. The standard InChI is InChI=1S/C22H23N5O3/c1-15(28)25-17-10-11-30-21(12-17)19-4-2-3-5-20(19)26-22(29)16-6-8-18(9-7-16)27-13-23-24-14-27/h2-9,13-14,17,21H,10-12H2,1H3,(H,25,28)(H,26,29)/t17-,21+/m1/s1. The summed E-state index contributed by atoms with van der Waals surface area (Å²) in [5, 5.41) is 13.5. The first-order valence-electron chi connectivity index (χ1n) is 9.84. The molecule has 154 valence electrons. The number of benzene rings is 2. The number of rotatable bonds is 5. The normalized spacial score (nSPS) is 18.6. The molecule has 1 aliphatic rings. The molecule has 2 heterocycles. The second-order valence-corrected chi connectivity index (χ2v) is 7.24. The molecule has 0 radical (unpaired) electrons. The lowest BCUT2D eigenvalue weighted by Gasteiger charge is -2.31. The third kappa shape index (κ3) is 4.55. The lowest BCUT2D eigenvalue weighted by atomic mass is 9.96. The number of carbonyl (C=O) groups excluding carboxylic acids is 2. The van der Waals surface area contributed by atoms with Gasteiger partial charge in [0.2, 0.25) is 5.91 Å². The number of aromatic nitrogens is 3. The van der Waals surface area contributed by atoms with Crippen molar-refractivity contribution in [1.29, 1.82) is 0 Å². The van der Waals surface area contributed by atoms with Gasteiger partial charge in [-0.05, 0) is 43.2 Å². The van der Waals surface area contributed by atoms with Crippen molar-refractivity contribution in [3.63, 3.8) is 0 Å². The first kappa shape index (κ1) is 19.8. The Labute approximate surface area is 174 Å². The maximum absolute atomic E-state index is 12.8. The topological polar surface area (TPSA) is 98.1 Å². The Hall–Kier alpha value is -3.52. The van der Waals surface area contributed by atoms with Crippen molar-refractivity contribution in [2.45, 2.75) is 31.9 Å². The van der Waals surface area contributed by atoms with E-state index in [0.29, 0.717) is 24.3 Å². The van der Waals surface area contributed by atoms with Crippen LogP contribution < -0.4 is 10.6 Å². The molecule has 30 heavy (non-hydrogen) atoms. The Morgan fingerprint density at radius 3 is 2.53 bits per heavy atom. The third-order valence-corrected chi connectivity index (χ3v) is 5.09. The maximum atomic E-state index is 12.8. The van der Waals surface area contributed by atoms with Crippen LogP contribution in [0.25, 0.3) is 5.69 Å². The van der Waals surface area contributed by atoms with Crippen LogP contribution in [-0.2, 0) is 9.53 Å². The fourth-order valence-corrected chi connectivity index (χ4v) is 3.64. The van der Waals surface area contributed by atoms with Crippen LogP contribution >= 0.6 is 0 Å². The van der Waals surface area contributed by atoms with Crippen molar-refractivity contribution >= 4 is 17.5 Å². The summed E-state index contributed by atoms with van der Waals surface area (Å²) < 4.78 is 7.71. The molecule has 1 saturated heterocycles. The highest BCUT2D eigenvalue weighted by Gasteiger charge is 2.26. The molecule has 0 aliphatic carbocycles. The van der Waals surface area contributed by atoms with Crippen molar-refractivity contribution in [3.05, 3.63) is 72.3 Å². The molecule has 8 nitrogen and oxygen atoms in total. The summed E-state index contributed by atoms with van der Waals surface area (Å²) in [7, 11) is 0. The zero-order valence-corrected chi connectivity index (χ0v) is 16.6. The largest absolute Gasteiger partial charge is 0.373 e. The third-order valence-electron chi connectivity index (χ3n) is 5.09. The summed E-state index contributed by atoms with van der Waals surface area (Å²) in [5.74, 6) is -0.246. The van der Waals surface area contributed by atoms with E-state index < -0.39 is 0 Å². The Morgan fingerprint density at radius 2 is 1.80 bits per heavy atom. The van der Waals surface area contributed by atoms with Crippen LogP contribution in [-0.4, -0.2) is 39.2 Å². The van der Waals surface area contributed by atoms with E-state index in [1.807, 2.05) is 36.4 Å². The molecule has 8 heteroatoms. The van der Waals surface area contributed by atoms with Crippen molar-refractivity contribution in [2.75, 3.05) is 11.9 Å². The van der Waals surface area contributed by atoms with Gasteiger partial charge in [0.1, 0.15) is 12.7 Å². The number of hydrogen-bond acceptors (Lipinski definition) is 5. The van der Waals surface area contributed by atoms with E-state index in [-0.39, 0.29) is 24.0 Å². The Balaban J connectivity index is 1.48. The minimum atomic E-state index is -0.202. The molecule has 1 fully saturated rings. The molecule has 1 aromatic heterocycles. The van der Waals surface area contributed by atoms with E-state index in [9.17, 15) is 9.59 Å². The van der Waals surface area contributed by atoms with Gasteiger partial charge in [0.05, 0.1) is 6.10 Å². The zero-order chi connectivity index (χ0) is 20.9. The molecule has 2 N–H and O–H groups in total. The molecular weight excluding hydrogens is 382 g/mol. The van der Waals surface area contributed by atoms with Crippen molar-refractivity contribution < 1.29 is 14.3 Å². The quantitative estimate of drug-likeness (QED) is 0.680. The van der Waals surface area contributed by atoms with E-state index in [2.05, 4.69) is 20.8 Å². The highest BCUT2D eigenvalue weighted by molar-refractivity contribution is 6.04. The number of nitrogens with one attached hydrogen (secondary N) is 2. The summed E-state index contributed by atoms with van der Waals surface area (Å²) in [6.07, 6.45) is 4.46. The highest BCUT2D eigenvalue weighted by atomic mass is 16.5. The van der Waals surface area contributed by atoms with Crippen molar-refractivity contribution in [2.24, 2.45) is 0 Å². The van der Waals surface area contributed by atoms with E-state index in [1.54, 1.807) is 29.4 Å². The van der Waals surface area contributed by atoms with Gasteiger partial charge in [0.25, 0.3) is 5.91 Å². The second kappa shape index (κ2) is 8.87. The molecular formula is C22H23N5O3. The van der Waals surface area contributed by atoms with Crippen LogP contribution in [0.2, 0.25) is 0 Å². The zero-order valence-electron chi connectivity index (χ0n) is 16.6. The lowest BCUT2D eigenvalue weighted by molar-refractivity contribution is -0.120. The van der Waals surface area contributed by atoms with Gasteiger partial charge in [-0.15, -0.1) is 10.2 Å². The van der Waals surface area contributed by atoms with E-state index >= 15 is 0 Å². The van der Waals surface area contributed by atoms with Crippen LogP contribution in [0.15, 0.2) is 61.2 Å². The van der Waals surface area contributed by atoms with E-state index in [1.165, 1.54) is 6.92 Å². The number of anilines is 1. The van der Waals surface area contributed by atoms with E-state index in [4.69, 9.17) is 4.74 Å². The van der Waals surface area contributed by atoms with Crippen LogP contribution in [0.1, 0.15) is 41.8 Å². The first-order valence-corrected chi connectivity index (χ1v) is 9.84. The van der Waals surface area contributed by atoms with Crippen LogP contribution in [0.5, 0.6) is 0 Å². The fourth-order valence-electron chi connectivity index (χ4n) is 3.64. The van der Waals surface area contributed by atoms with Gasteiger partial charge in [-0.2, -0.15) is 0 Å².